The Labute approximate surface area is 106 Å². The number of nitrogens with two attached hydrogens (primary N) is 1. The maximum absolute atomic E-state index is 12.0. The topological polar surface area (TPSA) is 55.1 Å². The second kappa shape index (κ2) is 5.07. The fourth-order valence-corrected chi connectivity index (χ4v) is 2.54. The summed E-state index contributed by atoms with van der Waals surface area (Å²) in [6, 6.07) is 5.59. The lowest BCUT2D eigenvalue weighted by Crippen LogP contribution is -2.44. The number of nitrogens with one attached hydrogen (secondary N) is 1. The third-order valence-corrected chi connectivity index (χ3v) is 3.57. The van der Waals surface area contributed by atoms with Crippen molar-refractivity contribution in [2.24, 2.45) is 5.73 Å². The van der Waals surface area contributed by atoms with E-state index in [0.717, 1.165) is 24.8 Å². The third-order valence-electron chi connectivity index (χ3n) is 3.26. The summed E-state index contributed by atoms with van der Waals surface area (Å²) in [6.07, 6.45) is 3.01. The molecule has 2 rings (SSSR count). The largest absolute Gasteiger partial charge is 0.348 e. The van der Waals surface area contributed by atoms with Crippen molar-refractivity contribution in [2.75, 3.05) is 0 Å². The van der Waals surface area contributed by atoms with Crippen LogP contribution in [0, 0.1) is 6.92 Å². The van der Waals surface area contributed by atoms with Crippen LogP contribution in [0.15, 0.2) is 18.2 Å². The number of halogens is 1. The standard InChI is InChI=1S/C13H17ClN2O/c1-8-5-6-9(10(14)7-8)13(17)16-12-4-2-3-11(12)15/h5-7,11-12H,2-4,15H2,1H3,(H,16,17). The molecule has 3 N–H and O–H groups in total. The Morgan fingerprint density at radius 2 is 2.24 bits per heavy atom. The van der Waals surface area contributed by atoms with E-state index in [-0.39, 0.29) is 18.0 Å². The molecule has 0 heterocycles. The van der Waals surface area contributed by atoms with Crippen molar-refractivity contribution in [2.45, 2.75) is 38.3 Å². The number of rotatable bonds is 2. The summed E-state index contributed by atoms with van der Waals surface area (Å²) in [5.74, 6) is -0.127. The zero-order chi connectivity index (χ0) is 12.4. The highest BCUT2D eigenvalue weighted by atomic mass is 35.5. The predicted molar refractivity (Wildman–Crippen MR) is 69.3 cm³/mol. The third kappa shape index (κ3) is 2.79. The second-order valence-electron chi connectivity index (χ2n) is 4.66. The molecule has 92 valence electrons. The first-order valence-corrected chi connectivity index (χ1v) is 6.28. The van der Waals surface area contributed by atoms with Crippen LogP contribution in [0.5, 0.6) is 0 Å². The van der Waals surface area contributed by atoms with Gasteiger partial charge in [-0.15, -0.1) is 0 Å². The molecule has 0 spiro atoms. The number of aryl methyl sites for hydroxylation is 1. The molecule has 2 atom stereocenters. The molecule has 2 unspecified atom stereocenters. The van der Waals surface area contributed by atoms with Gasteiger partial charge in [-0.1, -0.05) is 17.7 Å². The molecule has 4 heteroatoms. The highest BCUT2D eigenvalue weighted by molar-refractivity contribution is 6.33. The number of carbonyl (C=O) groups excluding carboxylic acids is 1. The summed E-state index contributed by atoms with van der Waals surface area (Å²) in [5.41, 5.74) is 7.49. The van der Waals surface area contributed by atoms with Crippen molar-refractivity contribution in [3.05, 3.63) is 34.3 Å². The van der Waals surface area contributed by atoms with E-state index in [0.29, 0.717) is 10.6 Å². The van der Waals surface area contributed by atoms with Crippen LogP contribution >= 0.6 is 11.6 Å². The molecule has 1 fully saturated rings. The lowest BCUT2D eigenvalue weighted by Gasteiger charge is -2.17. The van der Waals surface area contributed by atoms with E-state index in [1.165, 1.54) is 0 Å². The van der Waals surface area contributed by atoms with Crippen molar-refractivity contribution in [3.8, 4) is 0 Å². The summed E-state index contributed by atoms with van der Waals surface area (Å²) in [7, 11) is 0. The van der Waals surface area contributed by atoms with Crippen LogP contribution in [0.4, 0.5) is 0 Å². The summed E-state index contributed by atoms with van der Waals surface area (Å²) in [4.78, 5) is 12.0. The number of carbonyl (C=O) groups is 1. The smallest absolute Gasteiger partial charge is 0.253 e. The van der Waals surface area contributed by atoms with E-state index >= 15 is 0 Å². The Bertz CT molecular complexity index is 433. The fourth-order valence-electron chi connectivity index (χ4n) is 2.22. The van der Waals surface area contributed by atoms with Crippen LogP contribution in [-0.4, -0.2) is 18.0 Å². The van der Waals surface area contributed by atoms with E-state index in [1.54, 1.807) is 12.1 Å². The van der Waals surface area contributed by atoms with Gasteiger partial charge in [-0.05, 0) is 43.9 Å². The molecule has 0 aliphatic heterocycles. The minimum atomic E-state index is -0.127. The van der Waals surface area contributed by atoms with E-state index in [4.69, 9.17) is 17.3 Å². The molecule has 0 aromatic heterocycles. The molecular formula is C13H17ClN2O. The molecular weight excluding hydrogens is 236 g/mol. The molecule has 1 aromatic carbocycles. The average Bonchev–Trinajstić information content (AvgIpc) is 2.64. The van der Waals surface area contributed by atoms with Crippen LogP contribution in [0.25, 0.3) is 0 Å². The van der Waals surface area contributed by atoms with Crippen LogP contribution in [0.1, 0.15) is 35.2 Å². The molecule has 0 radical (unpaired) electrons. The van der Waals surface area contributed by atoms with Gasteiger partial charge in [-0.25, -0.2) is 0 Å². The van der Waals surface area contributed by atoms with Gasteiger partial charge in [0.05, 0.1) is 10.6 Å². The van der Waals surface area contributed by atoms with Crippen LogP contribution in [-0.2, 0) is 0 Å². The Kier molecular flexibility index (Phi) is 3.69. The predicted octanol–water partition coefficient (Wildman–Crippen LogP) is 2.26. The normalized spacial score (nSPS) is 23.7. The van der Waals surface area contributed by atoms with Crippen LogP contribution < -0.4 is 11.1 Å². The van der Waals surface area contributed by atoms with E-state index in [2.05, 4.69) is 5.32 Å². The summed E-state index contributed by atoms with van der Waals surface area (Å²) < 4.78 is 0. The van der Waals surface area contributed by atoms with E-state index in [1.807, 2.05) is 13.0 Å². The van der Waals surface area contributed by atoms with Gasteiger partial charge in [0, 0.05) is 12.1 Å². The summed E-state index contributed by atoms with van der Waals surface area (Å²) >= 11 is 6.05. The quantitative estimate of drug-likeness (QED) is 0.848. The molecule has 0 saturated heterocycles. The Hall–Kier alpha value is -1.06. The van der Waals surface area contributed by atoms with E-state index in [9.17, 15) is 4.79 Å². The second-order valence-corrected chi connectivity index (χ2v) is 5.07. The first-order chi connectivity index (χ1) is 8.08. The molecule has 1 aliphatic carbocycles. The maximum Gasteiger partial charge on any atom is 0.253 e. The summed E-state index contributed by atoms with van der Waals surface area (Å²) in [5, 5.41) is 3.45. The fraction of sp³-hybridized carbons (Fsp3) is 0.462. The average molecular weight is 253 g/mol. The van der Waals surface area contributed by atoms with Gasteiger partial charge in [-0.3, -0.25) is 4.79 Å². The molecule has 17 heavy (non-hydrogen) atoms. The van der Waals surface area contributed by atoms with E-state index < -0.39 is 0 Å². The van der Waals surface area contributed by atoms with Gasteiger partial charge in [0.2, 0.25) is 0 Å². The Morgan fingerprint density at radius 3 is 2.82 bits per heavy atom. The van der Waals surface area contributed by atoms with Gasteiger partial charge in [0.25, 0.3) is 5.91 Å². The highest BCUT2D eigenvalue weighted by Crippen LogP contribution is 2.20. The first-order valence-electron chi connectivity index (χ1n) is 5.90. The van der Waals surface area contributed by atoms with Crippen LogP contribution in [0.2, 0.25) is 5.02 Å². The molecule has 1 aliphatic rings. The van der Waals surface area contributed by atoms with Gasteiger partial charge >= 0.3 is 0 Å². The maximum atomic E-state index is 12.0. The Morgan fingerprint density at radius 1 is 1.47 bits per heavy atom. The lowest BCUT2D eigenvalue weighted by molar-refractivity contribution is 0.0935. The Balaban J connectivity index is 2.09. The van der Waals surface area contributed by atoms with Gasteiger partial charge in [-0.2, -0.15) is 0 Å². The van der Waals surface area contributed by atoms with Gasteiger partial charge < -0.3 is 11.1 Å². The molecule has 1 aromatic rings. The zero-order valence-electron chi connectivity index (χ0n) is 9.87. The molecule has 1 amide bonds. The van der Waals surface area contributed by atoms with Crippen molar-refractivity contribution >= 4 is 17.5 Å². The molecule has 1 saturated carbocycles. The SMILES string of the molecule is Cc1ccc(C(=O)NC2CCCC2N)c(Cl)c1. The van der Waals surface area contributed by atoms with Crippen molar-refractivity contribution in [3.63, 3.8) is 0 Å². The zero-order valence-corrected chi connectivity index (χ0v) is 10.6. The number of hydrogen-bond acceptors (Lipinski definition) is 2. The first kappa shape index (κ1) is 12.4. The monoisotopic (exact) mass is 252 g/mol. The minimum absolute atomic E-state index is 0.0724. The lowest BCUT2D eigenvalue weighted by atomic mass is 10.1. The molecule has 0 bridgehead atoms. The van der Waals surface area contributed by atoms with Gasteiger partial charge in [0.15, 0.2) is 0 Å². The number of hydrogen-bond donors (Lipinski definition) is 2. The minimum Gasteiger partial charge on any atom is -0.348 e. The van der Waals surface area contributed by atoms with Gasteiger partial charge in [0.1, 0.15) is 0 Å². The van der Waals surface area contributed by atoms with Crippen molar-refractivity contribution < 1.29 is 4.79 Å². The summed E-state index contributed by atoms with van der Waals surface area (Å²) in [6.45, 7) is 1.94. The van der Waals surface area contributed by atoms with Crippen molar-refractivity contribution in [1.29, 1.82) is 0 Å². The van der Waals surface area contributed by atoms with Crippen molar-refractivity contribution in [1.82, 2.24) is 5.32 Å². The highest BCUT2D eigenvalue weighted by Gasteiger charge is 2.26. The van der Waals surface area contributed by atoms with Crippen LogP contribution in [0.3, 0.4) is 0 Å². The number of benzene rings is 1. The number of amides is 1. The molecule has 3 nitrogen and oxygen atoms in total.